The normalized spacial score (nSPS) is 28.1. The van der Waals surface area contributed by atoms with Gasteiger partial charge in [-0.05, 0) is 25.7 Å². The molecule has 1 saturated carbocycles. The molecule has 0 aromatic carbocycles. The van der Waals surface area contributed by atoms with Crippen molar-refractivity contribution in [2.24, 2.45) is 0 Å². The Morgan fingerprint density at radius 3 is 2.60 bits per heavy atom. The van der Waals surface area contributed by atoms with Crippen molar-refractivity contribution in [2.75, 3.05) is 13.2 Å². The highest BCUT2D eigenvalue weighted by molar-refractivity contribution is 5.80. The zero-order valence-corrected chi connectivity index (χ0v) is 11.6. The van der Waals surface area contributed by atoms with Crippen molar-refractivity contribution in [2.45, 2.75) is 56.1 Å². The number of carbonyl (C=O) groups excluding carboxylic acids is 1. The summed E-state index contributed by atoms with van der Waals surface area (Å²) in [5, 5.41) is 21.8. The molecule has 5 heteroatoms. The van der Waals surface area contributed by atoms with Crippen molar-refractivity contribution in [1.82, 2.24) is 10.2 Å². The standard InChI is InChI=1S/C15H21N3O2/c1-2-12-5-6-13(9-16)18(12)14(20)10-17-15(11-19)7-3-4-8-15/h1,12-13,17,19H,3-8,10-11H2/t12-,13-/m0/s1. The Hall–Kier alpha value is -1.56. The van der Waals surface area contributed by atoms with Crippen molar-refractivity contribution < 1.29 is 9.90 Å². The number of hydrogen-bond acceptors (Lipinski definition) is 4. The van der Waals surface area contributed by atoms with Gasteiger partial charge in [-0.2, -0.15) is 5.26 Å². The van der Waals surface area contributed by atoms with Gasteiger partial charge in [-0.25, -0.2) is 0 Å². The number of nitriles is 1. The number of aliphatic hydroxyl groups excluding tert-OH is 1. The predicted molar refractivity (Wildman–Crippen MR) is 74.4 cm³/mol. The Balaban J connectivity index is 1.97. The van der Waals surface area contributed by atoms with E-state index in [0.29, 0.717) is 12.8 Å². The largest absolute Gasteiger partial charge is 0.394 e. The number of hydrogen-bond donors (Lipinski definition) is 2. The van der Waals surface area contributed by atoms with Gasteiger partial charge in [-0.1, -0.05) is 18.8 Å². The monoisotopic (exact) mass is 275 g/mol. The van der Waals surface area contributed by atoms with Gasteiger partial charge in [0.2, 0.25) is 5.91 Å². The number of terminal acetylenes is 1. The number of nitrogens with zero attached hydrogens (tertiary/aromatic N) is 2. The summed E-state index contributed by atoms with van der Waals surface area (Å²) in [6.07, 6.45) is 10.7. The molecule has 1 amide bonds. The third-order valence-corrected chi connectivity index (χ3v) is 4.49. The van der Waals surface area contributed by atoms with Crippen LogP contribution in [0.25, 0.3) is 0 Å². The van der Waals surface area contributed by atoms with Gasteiger partial charge in [0.25, 0.3) is 0 Å². The van der Waals surface area contributed by atoms with Gasteiger partial charge in [0, 0.05) is 5.54 Å². The van der Waals surface area contributed by atoms with Crippen molar-refractivity contribution >= 4 is 5.91 Å². The highest BCUT2D eigenvalue weighted by Gasteiger charge is 2.38. The Labute approximate surface area is 119 Å². The molecule has 0 aromatic rings. The molecule has 5 nitrogen and oxygen atoms in total. The first-order valence-corrected chi connectivity index (χ1v) is 7.18. The van der Waals surface area contributed by atoms with Gasteiger partial charge in [0.1, 0.15) is 6.04 Å². The lowest BCUT2D eigenvalue weighted by atomic mass is 9.99. The van der Waals surface area contributed by atoms with Crippen LogP contribution in [-0.4, -0.2) is 46.7 Å². The average molecular weight is 275 g/mol. The molecule has 2 aliphatic rings. The number of rotatable bonds is 4. The molecule has 1 saturated heterocycles. The number of carbonyl (C=O) groups is 1. The Morgan fingerprint density at radius 2 is 2.05 bits per heavy atom. The van der Waals surface area contributed by atoms with Crippen LogP contribution >= 0.6 is 0 Å². The average Bonchev–Trinajstić information content (AvgIpc) is 3.11. The van der Waals surface area contributed by atoms with E-state index in [0.717, 1.165) is 25.7 Å². The fourth-order valence-corrected chi connectivity index (χ4v) is 3.25. The van der Waals surface area contributed by atoms with Gasteiger partial charge in [0.15, 0.2) is 0 Å². The van der Waals surface area contributed by atoms with Gasteiger partial charge in [-0.3, -0.25) is 4.79 Å². The Kier molecular flexibility index (Phi) is 4.65. The molecule has 108 valence electrons. The van der Waals surface area contributed by atoms with E-state index in [4.69, 9.17) is 11.7 Å². The van der Waals surface area contributed by atoms with E-state index < -0.39 is 6.04 Å². The smallest absolute Gasteiger partial charge is 0.238 e. The number of likely N-dealkylation sites (tertiary alicyclic amines) is 1. The van der Waals surface area contributed by atoms with Crippen molar-refractivity contribution in [1.29, 1.82) is 5.26 Å². The third kappa shape index (κ3) is 2.80. The van der Waals surface area contributed by atoms with E-state index in [1.54, 1.807) is 0 Å². The SMILES string of the molecule is C#C[C@H]1CC[C@@H](C#N)N1C(=O)CNC1(CO)CCCC1. The van der Waals surface area contributed by atoms with E-state index in [-0.39, 0.29) is 30.6 Å². The fraction of sp³-hybridized carbons (Fsp3) is 0.733. The molecule has 2 rings (SSSR count). The summed E-state index contributed by atoms with van der Waals surface area (Å²) in [5.41, 5.74) is -0.330. The van der Waals surface area contributed by atoms with E-state index in [1.165, 1.54) is 4.90 Å². The second-order valence-electron chi connectivity index (χ2n) is 5.70. The molecule has 2 atom stereocenters. The minimum Gasteiger partial charge on any atom is -0.394 e. The first-order valence-electron chi connectivity index (χ1n) is 7.18. The molecule has 20 heavy (non-hydrogen) atoms. The number of amides is 1. The summed E-state index contributed by atoms with van der Waals surface area (Å²) in [5.74, 6) is 2.45. The van der Waals surface area contributed by atoms with Gasteiger partial charge < -0.3 is 15.3 Å². The van der Waals surface area contributed by atoms with E-state index in [2.05, 4.69) is 17.3 Å². The zero-order chi connectivity index (χ0) is 14.6. The molecule has 0 radical (unpaired) electrons. The molecule has 1 aliphatic carbocycles. The second kappa shape index (κ2) is 6.26. The minimum atomic E-state index is -0.418. The molecule has 0 spiro atoms. The quantitative estimate of drug-likeness (QED) is 0.728. The lowest BCUT2D eigenvalue weighted by Gasteiger charge is -2.30. The lowest BCUT2D eigenvalue weighted by Crippen LogP contribution is -2.52. The van der Waals surface area contributed by atoms with Crippen LogP contribution in [0.3, 0.4) is 0 Å². The number of aliphatic hydroxyl groups is 1. The molecule has 1 aliphatic heterocycles. The maximum Gasteiger partial charge on any atom is 0.238 e. The van der Waals surface area contributed by atoms with Gasteiger partial charge in [0.05, 0.1) is 25.3 Å². The summed E-state index contributed by atoms with van der Waals surface area (Å²) < 4.78 is 0. The van der Waals surface area contributed by atoms with Crippen LogP contribution in [0.15, 0.2) is 0 Å². The molecular formula is C15H21N3O2. The second-order valence-corrected chi connectivity index (χ2v) is 5.70. The highest BCUT2D eigenvalue weighted by atomic mass is 16.3. The molecule has 0 bridgehead atoms. The van der Waals surface area contributed by atoms with E-state index in [1.807, 2.05) is 0 Å². The van der Waals surface area contributed by atoms with Crippen LogP contribution in [0, 0.1) is 23.7 Å². The van der Waals surface area contributed by atoms with Crippen LogP contribution in [0.4, 0.5) is 0 Å². The van der Waals surface area contributed by atoms with Gasteiger partial charge >= 0.3 is 0 Å². The van der Waals surface area contributed by atoms with Crippen molar-refractivity contribution in [3.8, 4) is 18.4 Å². The molecule has 0 unspecified atom stereocenters. The zero-order valence-electron chi connectivity index (χ0n) is 11.6. The highest BCUT2D eigenvalue weighted by Crippen LogP contribution is 2.29. The Morgan fingerprint density at radius 1 is 1.40 bits per heavy atom. The molecule has 0 aromatic heterocycles. The summed E-state index contributed by atoms with van der Waals surface area (Å²) >= 11 is 0. The van der Waals surface area contributed by atoms with Crippen LogP contribution in [0.2, 0.25) is 0 Å². The summed E-state index contributed by atoms with van der Waals surface area (Å²) in [7, 11) is 0. The summed E-state index contributed by atoms with van der Waals surface area (Å²) in [4.78, 5) is 13.9. The first kappa shape index (κ1) is 14.8. The predicted octanol–water partition coefficient (Wildman–Crippen LogP) is 0.397. The van der Waals surface area contributed by atoms with Crippen LogP contribution < -0.4 is 5.32 Å². The first-order chi connectivity index (χ1) is 9.65. The van der Waals surface area contributed by atoms with Crippen LogP contribution in [-0.2, 0) is 4.79 Å². The minimum absolute atomic E-state index is 0.0422. The lowest BCUT2D eigenvalue weighted by molar-refractivity contribution is -0.131. The van der Waals surface area contributed by atoms with E-state index in [9.17, 15) is 9.90 Å². The maximum absolute atomic E-state index is 12.3. The van der Waals surface area contributed by atoms with Crippen LogP contribution in [0.1, 0.15) is 38.5 Å². The summed E-state index contributed by atoms with van der Waals surface area (Å²) in [6.45, 7) is 0.178. The molecular weight excluding hydrogens is 254 g/mol. The molecule has 2 fully saturated rings. The topological polar surface area (TPSA) is 76.4 Å². The summed E-state index contributed by atoms with van der Waals surface area (Å²) in [6, 6.07) is 1.45. The van der Waals surface area contributed by atoms with Crippen molar-refractivity contribution in [3.05, 3.63) is 0 Å². The number of nitrogens with one attached hydrogen (secondary N) is 1. The molecule has 2 N–H and O–H groups in total. The maximum atomic E-state index is 12.3. The van der Waals surface area contributed by atoms with E-state index >= 15 is 0 Å². The molecule has 1 heterocycles. The third-order valence-electron chi connectivity index (χ3n) is 4.49. The van der Waals surface area contributed by atoms with Crippen molar-refractivity contribution in [3.63, 3.8) is 0 Å². The van der Waals surface area contributed by atoms with Gasteiger partial charge in [-0.15, -0.1) is 6.42 Å². The fourth-order valence-electron chi connectivity index (χ4n) is 3.25. The Bertz CT molecular complexity index is 421. The van der Waals surface area contributed by atoms with Crippen LogP contribution in [0.5, 0.6) is 0 Å².